The lowest BCUT2D eigenvalue weighted by Gasteiger charge is -2.16. The van der Waals surface area contributed by atoms with Gasteiger partial charge in [-0.1, -0.05) is 30.3 Å². The number of phenolic OH excluding ortho intramolecular Hbond substituents is 3. The van der Waals surface area contributed by atoms with Gasteiger partial charge in [-0.05, 0) is 42.0 Å². The number of aromatic hydroxyl groups is 3. The molecule has 8 nitrogen and oxygen atoms in total. The Labute approximate surface area is 192 Å². The van der Waals surface area contributed by atoms with Gasteiger partial charge in [0.1, 0.15) is 11.3 Å². The minimum absolute atomic E-state index is 0.208. The van der Waals surface area contributed by atoms with E-state index in [1.807, 2.05) is 18.2 Å². The molecule has 1 aliphatic heterocycles. The largest absolute Gasteiger partial charge is 0.504 e. The minimum atomic E-state index is -0.603. The SMILES string of the molecule is O=C(Nc1ccccc1)Nc1ccc(-c2c3cc(O)c(=O)cc-3oc3cc(O)c(O)cc23)cc1. The van der Waals surface area contributed by atoms with E-state index in [-0.39, 0.29) is 22.8 Å². The van der Waals surface area contributed by atoms with Crippen molar-refractivity contribution in [1.29, 1.82) is 0 Å². The zero-order chi connectivity index (χ0) is 23.8. The standard InChI is InChI=1S/C26H18N2O6/c29-19-10-17-23(12-21(19)31)34-24-13-22(32)20(30)11-18(24)25(17)14-6-8-16(9-7-14)28-26(33)27-15-4-2-1-3-5-15/h1-13,29-31H,(H2,27,28,33). The number of para-hydroxylation sites is 1. The number of nitrogens with one attached hydrogen (secondary N) is 2. The highest BCUT2D eigenvalue weighted by Gasteiger charge is 2.20. The van der Waals surface area contributed by atoms with Crippen molar-refractivity contribution in [2.45, 2.75) is 0 Å². The third-order valence-electron chi connectivity index (χ3n) is 5.36. The van der Waals surface area contributed by atoms with Gasteiger partial charge >= 0.3 is 6.03 Å². The number of urea groups is 1. The van der Waals surface area contributed by atoms with Crippen molar-refractivity contribution in [2.24, 2.45) is 0 Å². The predicted molar refractivity (Wildman–Crippen MR) is 129 cm³/mol. The van der Waals surface area contributed by atoms with E-state index in [9.17, 15) is 24.9 Å². The number of hydrogen-bond donors (Lipinski definition) is 5. The van der Waals surface area contributed by atoms with Crippen LogP contribution >= 0.6 is 0 Å². The van der Waals surface area contributed by atoms with E-state index in [1.54, 1.807) is 36.4 Å². The summed E-state index contributed by atoms with van der Waals surface area (Å²) < 4.78 is 5.77. The summed E-state index contributed by atoms with van der Waals surface area (Å²) in [5.74, 6) is -0.947. The first-order chi connectivity index (χ1) is 16.4. The van der Waals surface area contributed by atoms with Crippen LogP contribution in [0.4, 0.5) is 16.2 Å². The maximum atomic E-state index is 12.3. The number of carbonyl (C=O) groups excluding carboxylic acids is 1. The van der Waals surface area contributed by atoms with Crippen LogP contribution in [0, 0.1) is 0 Å². The molecule has 168 valence electrons. The normalized spacial score (nSPS) is 10.9. The van der Waals surface area contributed by atoms with Crippen molar-refractivity contribution < 1.29 is 24.5 Å². The van der Waals surface area contributed by atoms with Crippen LogP contribution in [0.2, 0.25) is 0 Å². The summed E-state index contributed by atoms with van der Waals surface area (Å²) in [6, 6.07) is 20.6. The van der Waals surface area contributed by atoms with E-state index in [0.717, 1.165) is 0 Å². The topological polar surface area (TPSA) is 132 Å². The fourth-order valence-corrected chi connectivity index (χ4v) is 3.78. The Morgan fingerprint density at radius 1 is 0.735 bits per heavy atom. The van der Waals surface area contributed by atoms with E-state index in [0.29, 0.717) is 33.5 Å². The number of hydrogen-bond acceptors (Lipinski definition) is 6. The van der Waals surface area contributed by atoms with Crippen molar-refractivity contribution >= 4 is 28.4 Å². The Hall–Kier alpha value is -4.98. The molecule has 2 amide bonds. The summed E-state index contributed by atoms with van der Waals surface area (Å²) >= 11 is 0. The van der Waals surface area contributed by atoms with E-state index in [4.69, 9.17) is 4.42 Å². The Balaban J connectivity index is 1.56. The second kappa shape index (κ2) is 8.18. The van der Waals surface area contributed by atoms with Gasteiger partial charge in [-0.25, -0.2) is 4.79 Å². The van der Waals surface area contributed by atoms with Crippen LogP contribution in [0.25, 0.3) is 33.4 Å². The first-order valence-corrected chi connectivity index (χ1v) is 10.3. The maximum absolute atomic E-state index is 12.3. The molecule has 0 fully saturated rings. The van der Waals surface area contributed by atoms with Gasteiger partial charge in [-0.3, -0.25) is 4.79 Å². The Morgan fingerprint density at radius 3 is 2.09 bits per heavy atom. The van der Waals surface area contributed by atoms with Gasteiger partial charge in [0.2, 0.25) is 5.43 Å². The Kier molecular flexibility index (Phi) is 5.03. The molecule has 0 spiro atoms. The molecule has 8 heteroatoms. The third-order valence-corrected chi connectivity index (χ3v) is 5.36. The molecule has 3 aromatic carbocycles. The smallest absolute Gasteiger partial charge is 0.323 e. The molecule has 2 aliphatic rings. The third kappa shape index (κ3) is 3.84. The van der Waals surface area contributed by atoms with Crippen LogP contribution in [-0.2, 0) is 0 Å². The number of benzene rings is 4. The van der Waals surface area contributed by atoms with Crippen LogP contribution in [0.5, 0.6) is 17.2 Å². The molecule has 1 heterocycles. The van der Waals surface area contributed by atoms with Gasteiger partial charge < -0.3 is 30.4 Å². The molecule has 0 unspecified atom stereocenters. The summed E-state index contributed by atoms with van der Waals surface area (Å²) in [5, 5.41) is 36.0. The summed E-state index contributed by atoms with van der Waals surface area (Å²) in [5.41, 5.74) is 2.52. The quantitative estimate of drug-likeness (QED) is 0.185. The fraction of sp³-hybridized carbons (Fsp3) is 0. The lowest BCUT2D eigenvalue weighted by Crippen LogP contribution is -2.19. The van der Waals surface area contributed by atoms with Crippen LogP contribution in [0.1, 0.15) is 0 Å². The highest BCUT2D eigenvalue weighted by atomic mass is 16.3. The number of fused-ring (bicyclic) bond motifs is 2. The lowest BCUT2D eigenvalue weighted by molar-refractivity contribution is 0.262. The second-order valence-electron chi connectivity index (χ2n) is 7.65. The highest BCUT2D eigenvalue weighted by Crippen LogP contribution is 2.43. The summed E-state index contributed by atoms with van der Waals surface area (Å²) in [4.78, 5) is 24.3. The number of phenols is 3. The predicted octanol–water partition coefficient (Wildman–Crippen LogP) is 5.33. The van der Waals surface area contributed by atoms with Crippen molar-refractivity contribution in [3.05, 3.63) is 89.1 Å². The molecule has 0 saturated heterocycles. The number of carbonyl (C=O) groups is 1. The molecule has 0 saturated carbocycles. The van der Waals surface area contributed by atoms with E-state index < -0.39 is 17.2 Å². The van der Waals surface area contributed by atoms with Gasteiger partial charge in [0, 0.05) is 40.0 Å². The monoisotopic (exact) mass is 454 g/mol. The molecule has 0 aromatic heterocycles. The van der Waals surface area contributed by atoms with E-state index in [1.165, 1.54) is 24.3 Å². The van der Waals surface area contributed by atoms with Gasteiger partial charge in [-0.2, -0.15) is 0 Å². The summed E-state index contributed by atoms with van der Waals surface area (Å²) in [6.07, 6.45) is 0. The zero-order valence-corrected chi connectivity index (χ0v) is 17.6. The van der Waals surface area contributed by atoms with Crippen LogP contribution in [0.15, 0.2) is 88.1 Å². The van der Waals surface area contributed by atoms with Crippen LogP contribution < -0.4 is 16.1 Å². The molecule has 0 bridgehead atoms. The first kappa shape index (κ1) is 20.9. The van der Waals surface area contributed by atoms with E-state index in [2.05, 4.69) is 10.6 Å². The molecule has 3 aromatic rings. The fourth-order valence-electron chi connectivity index (χ4n) is 3.78. The molecule has 5 N–H and O–H groups in total. The molecule has 5 rings (SSSR count). The molecule has 34 heavy (non-hydrogen) atoms. The van der Waals surface area contributed by atoms with Crippen LogP contribution in [0.3, 0.4) is 0 Å². The van der Waals surface area contributed by atoms with Gasteiger partial charge in [0.25, 0.3) is 0 Å². The molecule has 0 atom stereocenters. The van der Waals surface area contributed by atoms with Gasteiger partial charge in [0.15, 0.2) is 17.2 Å². The maximum Gasteiger partial charge on any atom is 0.323 e. The number of anilines is 2. The summed E-state index contributed by atoms with van der Waals surface area (Å²) in [7, 11) is 0. The van der Waals surface area contributed by atoms with Crippen molar-refractivity contribution in [3.63, 3.8) is 0 Å². The minimum Gasteiger partial charge on any atom is -0.504 e. The average molecular weight is 454 g/mol. The van der Waals surface area contributed by atoms with Crippen molar-refractivity contribution in [2.75, 3.05) is 10.6 Å². The number of amides is 2. The van der Waals surface area contributed by atoms with Crippen molar-refractivity contribution in [3.8, 4) is 39.7 Å². The molecule has 0 radical (unpaired) electrons. The van der Waals surface area contributed by atoms with Gasteiger partial charge in [-0.15, -0.1) is 0 Å². The van der Waals surface area contributed by atoms with Crippen molar-refractivity contribution in [1.82, 2.24) is 0 Å². The average Bonchev–Trinajstić information content (AvgIpc) is 2.81. The Morgan fingerprint density at radius 2 is 1.38 bits per heavy atom. The lowest BCUT2D eigenvalue weighted by atomic mass is 9.93. The Bertz CT molecular complexity index is 1560. The second-order valence-corrected chi connectivity index (χ2v) is 7.65. The zero-order valence-electron chi connectivity index (χ0n) is 17.6. The number of rotatable bonds is 3. The summed E-state index contributed by atoms with van der Waals surface area (Å²) in [6.45, 7) is 0. The van der Waals surface area contributed by atoms with Gasteiger partial charge in [0.05, 0.1) is 0 Å². The molecular weight excluding hydrogens is 436 g/mol. The molecule has 1 aliphatic carbocycles. The van der Waals surface area contributed by atoms with E-state index >= 15 is 0 Å². The van der Waals surface area contributed by atoms with Crippen LogP contribution in [-0.4, -0.2) is 21.4 Å². The first-order valence-electron chi connectivity index (χ1n) is 10.3. The highest BCUT2D eigenvalue weighted by molar-refractivity contribution is 6.04. The molecular formula is C26H18N2O6.